The summed E-state index contributed by atoms with van der Waals surface area (Å²) in [6, 6.07) is 12.7. The number of benzene rings is 3. The molecule has 8 nitrogen and oxygen atoms in total. The summed E-state index contributed by atoms with van der Waals surface area (Å²) in [6.45, 7) is 6.06. The zero-order valence-electron chi connectivity index (χ0n) is 23.8. The van der Waals surface area contributed by atoms with E-state index in [0.29, 0.717) is 21.5 Å². The van der Waals surface area contributed by atoms with Crippen LogP contribution in [0.15, 0.2) is 66.8 Å². The number of hydrogen-bond donors (Lipinski definition) is 2. The second kappa shape index (κ2) is 11.4. The first kappa shape index (κ1) is 29.0. The summed E-state index contributed by atoms with van der Waals surface area (Å²) in [6.07, 6.45) is 8.14. The third-order valence-corrected chi connectivity index (χ3v) is 8.27. The number of hydrogen-bond acceptors (Lipinski definition) is 6. The summed E-state index contributed by atoms with van der Waals surface area (Å²) in [5.41, 5.74) is 0.428. The zero-order chi connectivity index (χ0) is 30.2. The topological polar surface area (TPSA) is 127 Å². The van der Waals surface area contributed by atoms with Crippen molar-refractivity contribution in [3.05, 3.63) is 72.3 Å². The van der Waals surface area contributed by atoms with Crippen LogP contribution >= 0.6 is 0 Å². The molecule has 3 aromatic rings. The van der Waals surface area contributed by atoms with Crippen LogP contribution in [0.25, 0.3) is 21.5 Å². The maximum absolute atomic E-state index is 13.6. The molecule has 0 saturated heterocycles. The quantitative estimate of drug-likeness (QED) is 0.150. The molecule has 0 fully saturated rings. The van der Waals surface area contributed by atoms with E-state index in [1.807, 2.05) is 32.9 Å². The standard InChI is InChI=1S/C34H34O8/c1-34(2,3)26-18-10-17-25-27(26)29(42-33(40)24-16-9-7-14-22(24)31(37)38)20-12-5-4-11-19(20)28(25)41-32(39)23-15-8-6-13-21(23)30(35)36/h4-12,17-18,21-24H,13-16H2,1-3H3,(H,35,36)(H,37,38). The molecule has 0 amide bonds. The van der Waals surface area contributed by atoms with E-state index in [-0.39, 0.29) is 37.2 Å². The summed E-state index contributed by atoms with van der Waals surface area (Å²) in [7, 11) is 0. The average Bonchev–Trinajstić information content (AvgIpc) is 2.97. The van der Waals surface area contributed by atoms with Gasteiger partial charge in [0.15, 0.2) is 0 Å². The van der Waals surface area contributed by atoms with Crippen molar-refractivity contribution in [1.82, 2.24) is 0 Å². The van der Waals surface area contributed by atoms with Crippen LogP contribution in [0.2, 0.25) is 0 Å². The van der Waals surface area contributed by atoms with Crippen LogP contribution in [0.1, 0.15) is 52.0 Å². The van der Waals surface area contributed by atoms with Crippen molar-refractivity contribution < 1.29 is 38.9 Å². The molecule has 0 saturated carbocycles. The van der Waals surface area contributed by atoms with Crippen LogP contribution in [0.4, 0.5) is 0 Å². The van der Waals surface area contributed by atoms with Gasteiger partial charge in [-0.15, -0.1) is 0 Å². The lowest BCUT2D eigenvalue weighted by Crippen LogP contribution is -2.34. The van der Waals surface area contributed by atoms with E-state index in [9.17, 15) is 29.4 Å². The Morgan fingerprint density at radius 2 is 1.05 bits per heavy atom. The van der Waals surface area contributed by atoms with Crippen molar-refractivity contribution in [2.45, 2.75) is 51.9 Å². The van der Waals surface area contributed by atoms with Crippen LogP contribution in [-0.2, 0) is 24.6 Å². The van der Waals surface area contributed by atoms with Gasteiger partial charge in [0.1, 0.15) is 11.5 Å². The van der Waals surface area contributed by atoms with Gasteiger partial charge in [0.2, 0.25) is 0 Å². The van der Waals surface area contributed by atoms with Gasteiger partial charge in [0, 0.05) is 21.5 Å². The van der Waals surface area contributed by atoms with E-state index >= 15 is 0 Å². The van der Waals surface area contributed by atoms with E-state index < -0.39 is 53.0 Å². The average molecular weight is 571 g/mol. The zero-order valence-corrected chi connectivity index (χ0v) is 23.8. The first-order chi connectivity index (χ1) is 20.0. The van der Waals surface area contributed by atoms with Gasteiger partial charge in [-0.1, -0.05) is 87.5 Å². The second-order valence-electron chi connectivity index (χ2n) is 12.0. The van der Waals surface area contributed by atoms with Crippen molar-refractivity contribution in [1.29, 1.82) is 0 Å². The molecule has 4 atom stereocenters. The Morgan fingerprint density at radius 3 is 1.52 bits per heavy atom. The number of aliphatic carboxylic acids is 2. The van der Waals surface area contributed by atoms with Gasteiger partial charge in [-0.25, -0.2) is 0 Å². The van der Waals surface area contributed by atoms with Crippen LogP contribution in [0, 0.1) is 23.7 Å². The smallest absolute Gasteiger partial charge is 0.315 e. The number of carboxylic acids is 2. The largest absolute Gasteiger partial charge is 0.481 e. The van der Waals surface area contributed by atoms with E-state index in [0.717, 1.165) is 5.56 Å². The highest BCUT2D eigenvalue weighted by Gasteiger charge is 2.38. The highest BCUT2D eigenvalue weighted by molar-refractivity contribution is 6.14. The Hall–Kier alpha value is -4.46. The van der Waals surface area contributed by atoms with Gasteiger partial charge >= 0.3 is 23.9 Å². The summed E-state index contributed by atoms with van der Waals surface area (Å²) in [5, 5.41) is 21.7. The minimum Gasteiger partial charge on any atom is -0.481 e. The number of rotatable bonds is 6. The van der Waals surface area contributed by atoms with Gasteiger partial charge in [-0.3, -0.25) is 19.2 Å². The number of carbonyl (C=O) groups excluding carboxylic acids is 2. The monoisotopic (exact) mass is 570 g/mol. The molecule has 2 aliphatic carbocycles. The molecule has 218 valence electrons. The third kappa shape index (κ3) is 5.41. The first-order valence-corrected chi connectivity index (χ1v) is 14.2. The van der Waals surface area contributed by atoms with Crippen molar-refractivity contribution in [3.63, 3.8) is 0 Å². The van der Waals surface area contributed by atoms with Crippen LogP contribution in [0.3, 0.4) is 0 Å². The summed E-state index contributed by atoms with van der Waals surface area (Å²) in [5.74, 6) is -6.32. The number of ether oxygens (including phenoxy) is 2. The lowest BCUT2D eigenvalue weighted by atomic mass is 9.82. The molecule has 0 spiro atoms. The molecule has 0 heterocycles. The van der Waals surface area contributed by atoms with E-state index in [4.69, 9.17) is 9.47 Å². The molecule has 3 aromatic carbocycles. The molecule has 2 N–H and O–H groups in total. The Bertz CT molecular complexity index is 1640. The van der Waals surface area contributed by atoms with Gasteiger partial charge in [0.25, 0.3) is 0 Å². The lowest BCUT2D eigenvalue weighted by molar-refractivity contribution is -0.152. The highest BCUT2D eigenvalue weighted by Crippen LogP contribution is 2.47. The van der Waals surface area contributed by atoms with E-state index in [2.05, 4.69) is 0 Å². The summed E-state index contributed by atoms with van der Waals surface area (Å²) >= 11 is 0. The predicted octanol–water partition coefficient (Wildman–Crippen LogP) is 6.44. The van der Waals surface area contributed by atoms with E-state index in [1.54, 1.807) is 54.6 Å². The first-order valence-electron chi connectivity index (χ1n) is 14.2. The van der Waals surface area contributed by atoms with Crippen molar-refractivity contribution >= 4 is 45.4 Å². The molecule has 0 bridgehead atoms. The molecule has 0 aromatic heterocycles. The number of fused-ring (bicyclic) bond motifs is 2. The Kier molecular flexibility index (Phi) is 7.91. The molecular formula is C34H34O8. The summed E-state index contributed by atoms with van der Waals surface area (Å²) < 4.78 is 12.2. The molecule has 0 radical (unpaired) electrons. The Labute approximate surface area is 243 Å². The van der Waals surface area contributed by atoms with Gasteiger partial charge in [-0.05, 0) is 36.7 Å². The molecular weight excluding hydrogens is 536 g/mol. The lowest BCUT2D eigenvalue weighted by Gasteiger charge is -2.28. The third-order valence-electron chi connectivity index (χ3n) is 8.27. The van der Waals surface area contributed by atoms with Crippen molar-refractivity contribution in [3.8, 4) is 11.5 Å². The van der Waals surface area contributed by atoms with Crippen molar-refractivity contribution in [2.75, 3.05) is 0 Å². The summed E-state index contributed by atoms with van der Waals surface area (Å²) in [4.78, 5) is 51.0. The number of allylic oxidation sites excluding steroid dienone is 4. The fourth-order valence-corrected chi connectivity index (χ4v) is 6.03. The fraction of sp³-hybridized carbons (Fsp3) is 0.353. The second-order valence-corrected chi connectivity index (χ2v) is 12.0. The van der Waals surface area contributed by atoms with Gasteiger partial charge in [-0.2, -0.15) is 0 Å². The van der Waals surface area contributed by atoms with Gasteiger partial charge in [0.05, 0.1) is 23.7 Å². The van der Waals surface area contributed by atoms with Crippen LogP contribution < -0.4 is 9.47 Å². The SMILES string of the molecule is CC(C)(C)c1cccc2c(OC(=O)C3CC=CCC3C(=O)O)c3ccccc3c(OC(=O)C3CC=CCC3C(=O)O)c12. The Morgan fingerprint density at radius 1 is 0.619 bits per heavy atom. The molecule has 4 unspecified atom stereocenters. The predicted molar refractivity (Wildman–Crippen MR) is 157 cm³/mol. The molecule has 8 heteroatoms. The number of esters is 2. The van der Waals surface area contributed by atoms with Crippen LogP contribution in [0.5, 0.6) is 11.5 Å². The maximum atomic E-state index is 13.6. The fourth-order valence-electron chi connectivity index (χ4n) is 6.03. The molecule has 0 aliphatic heterocycles. The minimum atomic E-state index is -1.05. The van der Waals surface area contributed by atoms with Gasteiger partial charge < -0.3 is 19.7 Å². The van der Waals surface area contributed by atoms with Crippen LogP contribution in [-0.4, -0.2) is 34.1 Å². The van der Waals surface area contributed by atoms with E-state index in [1.165, 1.54) is 0 Å². The molecule has 42 heavy (non-hydrogen) atoms. The van der Waals surface area contributed by atoms with Crippen molar-refractivity contribution in [2.24, 2.45) is 23.7 Å². The Balaban J connectivity index is 1.69. The minimum absolute atomic E-state index is 0.242. The number of carbonyl (C=O) groups is 4. The molecule has 2 aliphatic rings. The number of carboxylic acid groups (broad SMARTS) is 2. The maximum Gasteiger partial charge on any atom is 0.315 e. The highest BCUT2D eigenvalue weighted by atomic mass is 16.5. The normalized spacial score (nSPS) is 22.2. The molecule has 5 rings (SSSR count).